The number of carbonyl (C=O) groups is 1. The first kappa shape index (κ1) is 16.4. The second-order valence-corrected chi connectivity index (χ2v) is 5.29. The van der Waals surface area contributed by atoms with Gasteiger partial charge in [-0.1, -0.05) is 6.92 Å². The second-order valence-electron chi connectivity index (χ2n) is 5.29. The van der Waals surface area contributed by atoms with E-state index in [-0.39, 0.29) is 11.9 Å². The minimum atomic E-state index is -0.125. The van der Waals surface area contributed by atoms with E-state index in [1.807, 2.05) is 6.92 Å². The van der Waals surface area contributed by atoms with Crippen molar-refractivity contribution in [3.8, 4) is 0 Å². The van der Waals surface area contributed by atoms with E-state index in [0.717, 1.165) is 25.9 Å². The average molecular weight is 271 g/mol. The van der Waals surface area contributed by atoms with E-state index in [2.05, 4.69) is 22.5 Å². The van der Waals surface area contributed by atoms with E-state index < -0.39 is 0 Å². The Hall–Kier alpha value is -0.650. The van der Waals surface area contributed by atoms with Crippen LogP contribution in [-0.4, -0.2) is 62.8 Å². The molecule has 112 valence electrons. The van der Waals surface area contributed by atoms with Gasteiger partial charge in [0.2, 0.25) is 5.91 Å². The Morgan fingerprint density at radius 3 is 2.68 bits per heavy atom. The number of carbonyl (C=O) groups excluding carboxylic acids is 1. The van der Waals surface area contributed by atoms with E-state index in [1.54, 1.807) is 7.11 Å². The van der Waals surface area contributed by atoms with E-state index >= 15 is 0 Å². The molecule has 5 heteroatoms. The van der Waals surface area contributed by atoms with Crippen LogP contribution in [0, 0.1) is 0 Å². The molecule has 1 unspecified atom stereocenters. The molecule has 1 aliphatic rings. The number of hydrogen-bond donors (Lipinski definition) is 2. The summed E-state index contributed by atoms with van der Waals surface area (Å²) in [6.07, 6.45) is 3.49. The standard InChI is InChI=1S/C14H29N3O2/c1-4-8-17-9-5-13(6-10-17)16-12(2)14(18)15-7-11-19-3/h12-13,16H,4-11H2,1-3H3,(H,15,18). The van der Waals surface area contributed by atoms with Crippen molar-refractivity contribution in [1.82, 2.24) is 15.5 Å². The number of likely N-dealkylation sites (tertiary alicyclic amines) is 1. The molecule has 0 bridgehead atoms. The number of amides is 1. The highest BCUT2D eigenvalue weighted by atomic mass is 16.5. The molecule has 0 aliphatic carbocycles. The number of piperidine rings is 1. The summed E-state index contributed by atoms with van der Waals surface area (Å²) in [6, 6.07) is 0.343. The van der Waals surface area contributed by atoms with Crippen molar-refractivity contribution >= 4 is 5.91 Å². The third-order valence-electron chi connectivity index (χ3n) is 3.61. The monoisotopic (exact) mass is 271 g/mol. The van der Waals surface area contributed by atoms with Gasteiger partial charge in [0.1, 0.15) is 0 Å². The molecule has 1 amide bonds. The molecule has 0 aromatic rings. The van der Waals surface area contributed by atoms with Gasteiger partial charge in [-0.25, -0.2) is 0 Å². The number of rotatable bonds is 8. The Bertz CT molecular complexity index is 253. The van der Waals surface area contributed by atoms with Crippen molar-refractivity contribution in [2.45, 2.75) is 45.2 Å². The van der Waals surface area contributed by atoms with Crippen LogP contribution >= 0.6 is 0 Å². The van der Waals surface area contributed by atoms with Crippen LogP contribution in [0.4, 0.5) is 0 Å². The Morgan fingerprint density at radius 1 is 1.42 bits per heavy atom. The zero-order valence-corrected chi connectivity index (χ0v) is 12.6. The zero-order chi connectivity index (χ0) is 14.1. The SMILES string of the molecule is CCCN1CCC(NC(C)C(=O)NCCOC)CC1. The van der Waals surface area contributed by atoms with E-state index in [4.69, 9.17) is 4.74 Å². The lowest BCUT2D eigenvalue weighted by atomic mass is 10.0. The first-order chi connectivity index (χ1) is 9.17. The molecule has 1 saturated heterocycles. The van der Waals surface area contributed by atoms with Crippen molar-refractivity contribution in [2.24, 2.45) is 0 Å². The quantitative estimate of drug-likeness (QED) is 0.635. The van der Waals surface area contributed by atoms with Crippen LogP contribution in [0.1, 0.15) is 33.1 Å². The molecule has 0 spiro atoms. The van der Waals surface area contributed by atoms with E-state index in [9.17, 15) is 4.79 Å². The van der Waals surface area contributed by atoms with Crippen molar-refractivity contribution in [3.63, 3.8) is 0 Å². The third kappa shape index (κ3) is 6.36. The molecule has 0 radical (unpaired) electrons. The summed E-state index contributed by atoms with van der Waals surface area (Å²) in [4.78, 5) is 14.3. The molecule has 1 rings (SSSR count). The predicted molar refractivity (Wildman–Crippen MR) is 77.2 cm³/mol. The largest absolute Gasteiger partial charge is 0.383 e. The summed E-state index contributed by atoms with van der Waals surface area (Å²) < 4.78 is 4.92. The van der Waals surface area contributed by atoms with Crippen molar-refractivity contribution < 1.29 is 9.53 Å². The number of hydrogen-bond acceptors (Lipinski definition) is 4. The maximum absolute atomic E-state index is 11.8. The van der Waals surface area contributed by atoms with Gasteiger partial charge in [0.15, 0.2) is 0 Å². The van der Waals surface area contributed by atoms with Crippen LogP contribution in [0.5, 0.6) is 0 Å². The molecule has 2 N–H and O–H groups in total. The fraction of sp³-hybridized carbons (Fsp3) is 0.929. The first-order valence-corrected chi connectivity index (χ1v) is 7.42. The zero-order valence-electron chi connectivity index (χ0n) is 12.6. The number of methoxy groups -OCH3 is 1. The van der Waals surface area contributed by atoms with Gasteiger partial charge in [-0.2, -0.15) is 0 Å². The molecule has 1 aliphatic heterocycles. The highest BCUT2D eigenvalue weighted by Crippen LogP contribution is 2.11. The topological polar surface area (TPSA) is 53.6 Å². The average Bonchev–Trinajstić information content (AvgIpc) is 2.41. The molecular weight excluding hydrogens is 242 g/mol. The number of nitrogens with one attached hydrogen (secondary N) is 2. The third-order valence-corrected chi connectivity index (χ3v) is 3.61. The van der Waals surface area contributed by atoms with Gasteiger partial charge in [0.05, 0.1) is 12.6 Å². The lowest BCUT2D eigenvalue weighted by molar-refractivity contribution is -0.123. The molecule has 0 aromatic carbocycles. The molecule has 19 heavy (non-hydrogen) atoms. The second kappa shape index (κ2) is 9.28. The fourth-order valence-electron chi connectivity index (χ4n) is 2.50. The predicted octanol–water partition coefficient (Wildman–Crippen LogP) is 0.602. The van der Waals surface area contributed by atoms with Crippen LogP contribution in [-0.2, 0) is 9.53 Å². The first-order valence-electron chi connectivity index (χ1n) is 7.42. The maximum atomic E-state index is 11.8. The van der Waals surface area contributed by atoms with Gasteiger partial charge in [-0.05, 0) is 45.8 Å². The van der Waals surface area contributed by atoms with Crippen LogP contribution in [0.15, 0.2) is 0 Å². The van der Waals surface area contributed by atoms with Gasteiger partial charge >= 0.3 is 0 Å². The van der Waals surface area contributed by atoms with Gasteiger partial charge in [0.25, 0.3) is 0 Å². The molecule has 0 saturated carbocycles. The molecule has 1 heterocycles. The molecule has 1 atom stereocenters. The molecular formula is C14H29N3O2. The lowest BCUT2D eigenvalue weighted by Gasteiger charge is -2.33. The smallest absolute Gasteiger partial charge is 0.236 e. The maximum Gasteiger partial charge on any atom is 0.236 e. The van der Waals surface area contributed by atoms with Crippen LogP contribution in [0.3, 0.4) is 0 Å². The molecule has 5 nitrogen and oxygen atoms in total. The summed E-state index contributed by atoms with van der Waals surface area (Å²) in [5.41, 5.74) is 0. The van der Waals surface area contributed by atoms with Crippen molar-refractivity contribution in [1.29, 1.82) is 0 Å². The van der Waals surface area contributed by atoms with Crippen molar-refractivity contribution in [2.75, 3.05) is 39.9 Å². The normalized spacial score (nSPS) is 19.3. The van der Waals surface area contributed by atoms with E-state index in [0.29, 0.717) is 19.2 Å². The highest BCUT2D eigenvalue weighted by molar-refractivity contribution is 5.81. The summed E-state index contributed by atoms with van der Waals surface area (Å²) in [6.45, 7) is 8.77. The number of ether oxygens (including phenoxy) is 1. The molecule has 1 fully saturated rings. The van der Waals surface area contributed by atoms with Crippen LogP contribution < -0.4 is 10.6 Å². The fourth-order valence-corrected chi connectivity index (χ4v) is 2.50. The summed E-state index contributed by atoms with van der Waals surface area (Å²) in [5.74, 6) is 0.0630. The molecule has 0 aromatic heterocycles. The Balaban J connectivity index is 2.18. The van der Waals surface area contributed by atoms with Crippen LogP contribution in [0.25, 0.3) is 0 Å². The highest BCUT2D eigenvalue weighted by Gasteiger charge is 2.22. The van der Waals surface area contributed by atoms with Crippen molar-refractivity contribution in [3.05, 3.63) is 0 Å². The summed E-state index contributed by atoms with van der Waals surface area (Å²) >= 11 is 0. The van der Waals surface area contributed by atoms with Crippen LogP contribution in [0.2, 0.25) is 0 Å². The Morgan fingerprint density at radius 2 is 2.11 bits per heavy atom. The summed E-state index contributed by atoms with van der Waals surface area (Å²) in [5, 5.41) is 6.29. The minimum absolute atomic E-state index is 0.0630. The van der Waals surface area contributed by atoms with Gasteiger partial charge in [-0.15, -0.1) is 0 Å². The summed E-state index contributed by atoms with van der Waals surface area (Å²) in [7, 11) is 1.64. The number of nitrogens with zero attached hydrogens (tertiary/aromatic N) is 1. The minimum Gasteiger partial charge on any atom is -0.383 e. The van der Waals surface area contributed by atoms with Gasteiger partial charge in [0, 0.05) is 19.7 Å². The Labute approximate surface area is 117 Å². The van der Waals surface area contributed by atoms with E-state index in [1.165, 1.54) is 13.0 Å². The van der Waals surface area contributed by atoms with Gasteiger partial charge in [-0.3, -0.25) is 4.79 Å². The lowest BCUT2D eigenvalue weighted by Crippen LogP contribution is -2.50. The van der Waals surface area contributed by atoms with Gasteiger partial charge < -0.3 is 20.3 Å². The Kier molecular flexibility index (Phi) is 8.02.